The van der Waals surface area contributed by atoms with Crippen LogP contribution in [0.1, 0.15) is 55.7 Å². The molecule has 2 aliphatic rings. The van der Waals surface area contributed by atoms with E-state index in [0.717, 1.165) is 31.2 Å². The Morgan fingerprint density at radius 2 is 1.60 bits per heavy atom. The summed E-state index contributed by atoms with van der Waals surface area (Å²) in [6, 6.07) is 8.34. The number of H-pyrrole nitrogens is 1. The van der Waals surface area contributed by atoms with E-state index in [1.165, 1.54) is 29.7 Å². The summed E-state index contributed by atoms with van der Waals surface area (Å²) >= 11 is 0. The minimum absolute atomic E-state index is 0.0781. The molecule has 1 saturated carbocycles. The second kappa shape index (κ2) is 12.0. The lowest BCUT2D eigenvalue weighted by atomic mass is 9.85. The van der Waals surface area contributed by atoms with Gasteiger partial charge in [0, 0.05) is 30.0 Å². The average molecular weight is 647 g/mol. The summed E-state index contributed by atoms with van der Waals surface area (Å²) in [6.45, 7) is -0.529. The standard InChI is InChI=1S/C31H27F5N4O4S/c32-24-25(33)27(35)29(28(36)26(24)34)45(43,44)40-13-11-23(40)31(42)39(21-8-9-22-18(14-21)10-12-37-30(22)41)16-20-7-6-19(15-38-20)17-4-2-1-3-5-17/h6-10,12,14-15,17,23H,1-5,11,13,16H2,(H,37,41). The van der Waals surface area contributed by atoms with Crippen molar-refractivity contribution in [1.29, 1.82) is 0 Å². The van der Waals surface area contributed by atoms with Gasteiger partial charge < -0.3 is 9.88 Å². The molecular weight excluding hydrogens is 619 g/mol. The minimum atomic E-state index is -5.34. The van der Waals surface area contributed by atoms with Crippen molar-refractivity contribution in [2.75, 3.05) is 11.4 Å². The number of rotatable bonds is 7. The first-order valence-electron chi connectivity index (χ1n) is 14.4. The van der Waals surface area contributed by atoms with Crippen LogP contribution in [0, 0.1) is 29.1 Å². The van der Waals surface area contributed by atoms with Gasteiger partial charge in [0.25, 0.3) is 5.56 Å². The number of aromatic amines is 1. The number of amides is 1. The zero-order chi connectivity index (χ0) is 32.0. The Morgan fingerprint density at radius 1 is 0.911 bits per heavy atom. The van der Waals surface area contributed by atoms with Crippen LogP contribution >= 0.6 is 0 Å². The third kappa shape index (κ3) is 5.50. The lowest BCUT2D eigenvalue weighted by Crippen LogP contribution is -2.59. The predicted molar refractivity (Wildman–Crippen MR) is 154 cm³/mol. The third-order valence-electron chi connectivity index (χ3n) is 8.57. The highest BCUT2D eigenvalue weighted by atomic mass is 32.2. The second-order valence-corrected chi connectivity index (χ2v) is 13.1. The van der Waals surface area contributed by atoms with E-state index < -0.39 is 62.5 Å². The van der Waals surface area contributed by atoms with Crippen LogP contribution in [-0.4, -0.2) is 41.2 Å². The Bertz CT molecular complexity index is 1930. The maximum absolute atomic E-state index is 14.5. The van der Waals surface area contributed by atoms with Crippen molar-refractivity contribution in [1.82, 2.24) is 14.3 Å². The second-order valence-electron chi connectivity index (χ2n) is 11.2. The van der Waals surface area contributed by atoms with Crippen molar-refractivity contribution in [3.8, 4) is 0 Å². The van der Waals surface area contributed by atoms with Crippen molar-refractivity contribution >= 4 is 32.4 Å². The molecule has 45 heavy (non-hydrogen) atoms. The van der Waals surface area contributed by atoms with Crippen LogP contribution in [0.2, 0.25) is 0 Å². The average Bonchev–Trinajstić information content (AvgIpc) is 3.01. The highest BCUT2D eigenvalue weighted by molar-refractivity contribution is 7.89. The summed E-state index contributed by atoms with van der Waals surface area (Å²) in [7, 11) is -5.34. The summed E-state index contributed by atoms with van der Waals surface area (Å²) < 4.78 is 97.5. The number of aromatic nitrogens is 2. The number of carbonyl (C=O) groups is 1. The van der Waals surface area contributed by atoms with Crippen LogP contribution in [0.5, 0.6) is 0 Å². The molecule has 14 heteroatoms. The molecule has 0 radical (unpaired) electrons. The first-order chi connectivity index (χ1) is 21.5. The van der Waals surface area contributed by atoms with Gasteiger partial charge in [-0.15, -0.1) is 0 Å². The molecule has 2 aromatic heterocycles. The molecular formula is C31H27F5N4O4S. The van der Waals surface area contributed by atoms with E-state index in [0.29, 0.717) is 26.7 Å². The number of pyridine rings is 2. The molecule has 1 amide bonds. The third-order valence-corrected chi connectivity index (χ3v) is 10.5. The normalized spacial score (nSPS) is 17.8. The Hall–Kier alpha value is -4.17. The van der Waals surface area contributed by atoms with E-state index in [1.807, 2.05) is 6.07 Å². The molecule has 1 aliphatic carbocycles. The summed E-state index contributed by atoms with van der Waals surface area (Å²) in [6.07, 6.45) is 8.65. The van der Waals surface area contributed by atoms with E-state index in [4.69, 9.17) is 0 Å². The highest BCUT2D eigenvalue weighted by Crippen LogP contribution is 2.36. The molecule has 1 atom stereocenters. The molecule has 1 unspecified atom stereocenters. The van der Waals surface area contributed by atoms with Crippen LogP contribution in [0.3, 0.4) is 0 Å². The highest BCUT2D eigenvalue weighted by Gasteiger charge is 2.48. The molecule has 0 bridgehead atoms. The molecule has 2 fully saturated rings. The van der Waals surface area contributed by atoms with Gasteiger partial charge in [0.15, 0.2) is 28.2 Å². The van der Waals surface area contributed by atoms with E-state index in [-0.39, 0.29) is 24.2 Å². The van der Waals surface area contributed by atoms with Crippen molar-refractivity contribution in [2.24, 2.45) is 0 Å². The molecule has 3 heterocycles. The summed E-state index contributed by atoms with van der Waals surface area (Å²) in [4.78, 5) is 32.6. The maximum atomic E-state index is 14.5. The molecule has 1 saturated heterocycles. The van der Waals surface area contributed by atoms with Gasteiger partial charge in [-0.3, -0.25) is 14.6 Å². The summed E-state index contributed by atoms with van der Waals surface area (Å²) in [5, 5.41) is 0.817. The fourth-order valence-electron chi connectivity index (χ4n) is 6.02. The molecule has 4 aromatic rings. The van der Waals surface area contributed by atoms with Gasteiger partial charge in [-0.05, 0) is 66.5 Å². The number of nitrogens with one attached hydrogen (secondary N) is 1. The number of sulfonamides is 1. The largest absolute Gasteiger partial charge is 0.329 e. The van der Waals surface area contributed by atoms with Crippen molar-refractivity contribution < 1.29 is 35.2 Å². The summed E-state index contributed by atoms with van der Waals surface area (Å²) in [5.41, 5.74) is 1.44. The van der Waals surface area contributed by atoms with Crippen molar-refractivity contribution in [2.45, 2.75) is 61.9 Å². The SMILES string of the molecule is O=C(C1CCN1S(=O)(=O)c1c(F)c(F)c(F)c(F)c1F)N(Cc1ccc(C2CCCCC2)cn1)c1ccc2c(=O)[nH]ccc2c1. The van der Waals surface area contributed by atoms with Crippen LogP contribution in [-0.2, 0) is 21.4 Å². The molecule has 1 aliphatic heterocycles. The number of hydrogen-bond acceptors (Lipinski definition) is 5. The van der Waals surface area contributed by atoms with E-state index in [1.54, 1.807) is 24.4 Å². The zero-order valence-corrected chi connectivity index (χ0v) is 24.5. The van der Waals surface area contributed by atoms with Gasteiger partial charge in [-0.25, -0.2) is 30.4 Å². The Morgan fingerprint density at radius 3 is 2.22 bits per heavy atom. The van der Waals surface area contributed by atoms with Gasteiger partial charge in [0.2, 0.25) is 21.7 Å². The molecule has 8 nitrogen and oxygen atoms in total. The van der Waals surface area contributed by atoms with Gasteiger partial charge in [-0.2, -0.15) is 4.31 Å². The molecule has 1 N–H and O–H groups in total. The van der Waals surface area contributed by atoms with Gasteiger partial charge in [0.05, 0.1) is 12.2 Å². The molecule has 6 rings (SSSR count). The van der Waals surface area contributed by atoms with Crippen LogP contribution in [0.15, 0.2) is 58.5 Å². The lowest BCUT2D eigenvalue weighted by Gasteiger charge is -2.41. The van der Waals surface area contributed by atoms with E-state index in [2.05, 4.69) is 9.97 Å². The first kappa shape index (κ1) is 30.8. The van der Waals surface area contributed by atoms with E-state index >= 15 is 0 Å². The predicted octanol–water partition coefficient (Wildman–Crippen LogP) is 5.66. The fraction of sp³-hybridized carbons (Fsp3) is 0.323. The van der Waals surface area contributed by atoms with Gasteiger partial charge in [-0.1, -0.05) is 25.3 Å². The Balaban J connectivity index is 1.35. The molecule has 236 valence electrons. The fourth-order valence-corrected chi connectivity index (χ4v) is 7.76. The maximum Gasteiger partial charge on any atom is 0.255 e. The monoisotopic (exact) mass is 646 g/mol. The lowest BCUT2D eigenvalue weighted by molar-refractivity contribution is -0.125. The number of carbonyl (C=O) groups excluding carboxylic acids is 1. The van der Waals surface area contributed by atoms with Crippen molar-refractivity contribution in [3.05, 3.63) is 99.5 Å². The number of benzene rings is 2. The van der Waals surface area contributed by atoms with Crippen LogP contribution in [0.4, 0.5) is 27.6 Å². The number of hydrogen-bond donors (Lipinski definition) is 1. The van der Waals surface area contributed by atoms with Crippen LogP contribution in [0.25, 0.3) is 10.8 Å². The number of fused-ring (bicyclic) bond motifs is 1. The summed E-state index contributed by atoms with van der Waals surface area (Å²) in [5.74, 6) is -12.8. The van der Waals surface area contributed by atoms with Gasteiger partial charge in [0.1, 0.15) is 6.04 Å². The minimum Gasteiger partial charge on any atom is -0.329 e. The zero-order valence-electron chi connectivity index (χ0n) is 23.7. The van der Waals surface area contributed by atoms with Crippen molar-refractivity contribution in [3.63, 3.8) is 0 Å². The molecule has 2 aromatic carbocycles. The first-order valence-corrected chi connectivity index (χ1v) is 15.8. The number of anilines is 1. The number of nitrogens with zero attached hydrogens (tertiary/aromatic N) is 3. The quantitative estimate of drug-likeness (QED) is 0.159. The number of halogens is 5. The smallest absolute Gasteiger partial charge is 0.255 e. The molecule has 0 spiro atoms. The Labute approximate surface area is 254 Å². The topological polar surface area (TPSA) is 103 Å². The van der Waals surface area contributed by atoms with E-state index in [9.17, 15) is 40.0 Å². The van der Waals surface area contributed by atoms with Crippen LogP contribution < -0.4 is 10.5 Å². The van der Waals surface area contributed by atoms with Gasteiger partial charge >= 0.3 is 0 Å². The Kier molecular flexibility index (Phi) is 8.20.